The second-order valence-electron chi connectivity index (χ2n) is 5.64. The van der Waals surface area contributed by atoms with Gasteiger partial charge in [0.25, 0.3) is 0 Å². The van der Waals surface area contributed by atoms with Crippen LogP contribution in [0.25, 0.3) is 17.0 Å². The number of rotatable bonds is 3. The van der Waals surface area contributed by atoms with Gasteiger partial charge in [-0.25, -0.2) is 0 Å². The Hall–Kier alpha value is -3.34. The van der Waals surface area contributed by atoms with Crippen LogP contribution in [0.4, 0.5) is 5.69 Å². The molecular formula is C20H16N2O3. The van der Waals surface area contributed by atoms with Gasteiger partial charge in [0.1, 0.15) is 13.2 Å². The highest BCUT2D eigenvalue weighted by atomic mass is 16.6. The number of ether oxygens (including phenoxy) is 2. The van der Waals surface area contributed by atoms with Crippen molar-refractivity contribution in [3.63, 3.8) is 0 Å². The van der Waals surface area contributed by atoms with Crippen molar-refractivity contribution in [1.82, 2.24) is 4.98 Å². The second kappa shape index (κ2) is 6.65. The van der Waals surface area contributed by atoms with Crippen LogP contribution in [0, 0.1) is 0 Å². The summed E-state index contributed by atoms with van der Waals surface area (Å²) in [5, 5.41) is 3.86. The van der Waals surface area contributed by atoms with Gasteiger partial charge in [-0.2, -0.15) is 0 Å². The van der Waals surface area contributed by atoms with Crippen molar-refractivity contribution in [3.05, 3.63) is 66.4 Å². The predicted molar refractivity (Wildman–Crippen MR) is 96.8 cm³/mol. The highest BCUT2D eigenvalue weighted by molar-refractivity contribution is 6.02. The Kier molecular flexibility index (Phi) is 4.04. The second-order valence-corrected chi connectivity index (χ2v) is 5.64. The number of benzene rings is 2. The molecule has 0 unspecified atom stereocenters. The van der Waals surface area contributed by atoms with E-state index in [1.54, 1.807) is 30.5 Å². The Labute approximate surface area is 144 Å². The molecule has 3 aromatic rings. The number of aromatic nitrogens is 1. The molecule has 2 heterocycles. The normalized spacial score (nSPS) is 13.1. The fourth-order valence-corrected chi connectivity index (χ4v) is 2.66. The third-order valence-corrected chi connectivity index (χ3v) is 3.85. The standard InChI is InChI=1S/C20H16N2O3/c23-20(22-16-6-7-18-19(12-16)25-10-9-24-18)8-5-14-11-15-3-1-2-4-17(15)21-13-14/h1-8,11-13H,9-10H2,(H,22,23). The maximum atomic E-state index is 12.1. The molecule has 0 fully saturated rings. The number of hydrogen-bond acceptors (Lipinski definition) is 4. The quantitative estimate of drug-likeness (QED) is 0.744. The predicted octanol–water partition coefficient (Wildman–Crippen LogP) is 3.66. The molecule has 0 atom stereocenters. The Morgan fingerprint density at radius 1 is 1.04 bits per heavy atom. The largest absolute Gasteiger partial charge is 0.486 e. The molecule has 124 valence electrons. The summed E-state index contributed by atoms with van der Waals surface area (Å²) in [5.74, 6) is 1.12. The average Bonchev–Trinajstić information content (AvgIpc) is 2.66. The summed E-state index contributed by atoms with van der Waals surface area (Å²) < 4.78 is 11.0. The molecule has 1 aromatic heterocycles. The molecular weight excluding hydrogens is 316 g/mol. The summed E-state index contributed by atoms with van der Waals surface area (Å²) in [6.45, 7) is 1.06. The van der Waals surface area contributed by atoms with Crippen molar-refractivity contribution in [2.24, 2.45) is 0 Å². The van der Waals surface area contributed by atoms with E-state index in [2.05, 4.69) is 10.3 Å². The molecule has 0 spiro atoms. The molecule has 1 amide bonds. The van der Waals surface area contributed by atoms with E-state index < -0.39 is 0 Å². The molecule has 0 radical (unpaired) electrons. The van der Waals surface area contributed by atoms with Crippen molar-refractivity contribution in [2.75, 3.05) is 18.5 Å². The van der Waals surface area contributed by atoms with Gasteiger partial charge in [-0.3, -0.25) is 9.78 Å². The number of anilines is 1. The molecule has 0 bridgehead atoms. The summed E-state index contributed by atoms with van der Waals surface area (Å²) >= 11 is 0. The van der Waals surface area contributed by atoms with Crippen molar-refractivity contribution < 1.29 is 14.3 Å². The molecule has 25 heavy (non-hydrogen) atoms. The van der Waals surface area contributed by atoms with Gasteiger partial charge in [-0.1, -0.05) is 18.2 Å². The van der Waals surface area contributed by atoms with Gasteiger partial charge in [0.15, 0.2) is 11.5 Å². The maximum Gasteiger partial charge on any atom is 0.248 e. The zero-order chi connectivity index (χ0) is 17.1. The lowest BCUT2D eigenvalue weighted by Crippen LogP contribution is -2.16. The Bertz CT molecular complexity index is 966. The van der Waals surface area contributed by atoms with Crippen LogP contribution >= 0.6 is 0 Å². The monoisotopic (exact) mass is 332 g/mol. The number of carbonyl (C=O) groups is 1. The molecule has 1 aliphatic rings. The number of fused-ring (bicyclic) bond motifs is 2. The Morgan fingerprint density at radius 3 is 2.80 bits per heavy atom. The van der Waals surface area contributed by atoms with E-state index in [0.717, 1.165) is 16.5 Å². The molecule has 5 heteroatoms. The van der Waals surface area contributed by atoms with Gasteiger partial charge in [0.2, 0.25) is 5.91 Å². The van der Waals surface area contributed by atoms with Gasteiger partial charge < -0.3 is 14.8 Å². The van der Waals surface area contributed by atoms with Crippen LogP contribution in [0.2, 0.25) is 0 Å². The van der Waals surface area contributed by atoms with Crippen LogP contribution in [0.3, 0.4) is 0 Å². The molecule has 0 aliphatic carbocycles. The molecule has 0 saturated carbocycles. The smallest absolute Gasteiger partial charge is 0.248 e. The highest BCUT2D eigenvalue weighted by Gasteiger charge is 2.12. The van der Waals surface area contributed by atoms with E-state index in [1.807, 2.05) is 30.3 Å². The van der Waals surface area contributed by atoms with Gasteiger partial charge in [0, 0.05) is 29.4 Å². The number of carbonyl (C=O) groups excluding carboxylic acids is 1. The first-order chi connectivity index (χ1) is 12.3. The number of nitrogens with zero attached hydrogens (tertiary/aromatic N) is 1. The molecule has 5 nitrogen and oxygen atoms in total. The first-order valence-corrected chi connectivity index (χ1v) is 8.01. The van der Waals surface area contributed by atoms with E-state index in [-0.39, 0.29) is 5.91 Å². The minimum Gasteiger partial charge on any atom is -0.486 e. The van der Waals surface area contributed by atoms with E-state index in [4.69, 9.17) is 9.47 Å². The Balaban J connectivity index is 1.46. The zero-order valence-corrected chi connectivity index (χ0v) is 13.4. The van der Waals surface area contributed by atoms with E-state index in [9.17, 15) is 4.79 Å². The average molecular weight is 332 g/mol. The maximum absolute atomic E-state index is 12.1. The summed E-state index contributed by atoms with van der Waals surface area (Å²) in [6.07, 6.45) is 4.98. The van der Waals surface area contributed by atoms with Crippen molar-refractivity contribution in [2.45, 2.75) is 0 Å². The highest BCUT2D eigenvalue weighted by Crippen LogP contribution is 2.32. The van der Waals surface area contributed by atoms with Crippen LogP contribution < -0.4 is 14.8 Å². The van der Waals surface area contributed by atoms with E-state index in [0.29, 0.717) is 30.4 Å². The van der Waals surface area contributed by atoms with Crippen LogP contribution in [-0.2, 0) is 4.79 Å². The van der Waals surface area contributed by atoms with E-state index in [1.165, 1.54) is 6.08 Å². The lowest BCUT2D eigenvalue weighted by atomic mass is 10.1. The summed E-state index contributed by atoms with van der Waals surface area (Å²) in [7, 11) is 0. The number of nitrogens with one attached hydrogen (secondary N) is 1. The minimum atomic E-state index is -0.218. The van der Waals surface area contributed by atoms with Crippen molar-refractivity contribution in [1.29, 1.82) is 0 Å². The lowest BCUT2D eigenvalue weighted by Gasteiger charge is -2.18. The molecule has 2 aromatic carbocycles. The van der Waals surface area contributed by atoms with Crippen LogP contribution in [-0.4, -0.2) is 24.1 Å². The lowest BCUT2D eigenvalue weighted by molar-refractivity contribution is -0.111. The van der Waals surface area contributed by atoms with Crippen molar-refractivity contribution >= 4 is 28.6 Å². The molecule has 1 aliphatic heterocycles. The first-order valence-electron chi connectivity index (χ1n) is 8.01. The minimum absolute atomic E-state index is 0.218. The van der Waals surface area contributed by atoms with Crippen LogP contribution in [0.15, 0.2) is 60.8 Å². The topological polar surface area (TPSA) is 60.5 Å². The molecule has 0 saturated heterocycles. The van der Waals surface area contributed by atoms with Crippen LogP contribution in [0.1, 0.15) is 5.56 Å². The van der Waals surface area contributed by atoms with E-state index >= 15 is 0 Å². The van der Waals surface area contributed by atoms with Gasteiger partial charge in [-0.15, -0.1) is 0 Å². The van der Waals surface area contributed by atoms with Gasteiger partial charge in [0.05, 0.1) is 5.52 Å². The van der Waals surface area contributed by atoms with Gasteiger partial charge >= 0.3 is 0 Å². The fraction of sp³-hybridized carbons (Fsp3) is 0.100. The SMILES string of the molecule is O=C(C=Cc1cnc2ccccc2c1)Nc1ccc2c(c1)OCCO2. The first kappa shape index (κ1) is 15.2. The zero-order valence-electron chi connectivity index (χ0n) is 13.4. The molecule has 4 rings (SSSR count). The van der Waals surface area contributed by atoms with Gasteiger partial charge in [-0.05, 0) is 35.9 Å². The number of hydrogen-bond donors (Lipinski definition) is 1. The summed E-state index contributed by atoms with van der Waals surface area (Å²) in [5.41, 5.74) is 2.46. The number of pyridine rings is 1. The van der Waals surface area contributed by atoms with Crippen LogP contribution in [0.5, 0.6) is 11.5 Å². The molecule has 1 N–H and O–H groups in total. The fourth-order valence-electron chi connectivity index (χ4n) is 2.66. The summed E-state index contributed by atoms with van der Waals surface area (Å²) in [6, 6.07) is 15.2. The third kappa shape index (κ3) is 3.45. The third-order valence-electron chi connectivity index (χ3n) is 3.85. The van der Waals surface area contributed by atoms with Crippen molar-refractivity contribution in [3.8, 4) is 11.5 Å². The number of amides is 1. The summed E-state index contributed by atoms with van der Waals surface area (Å²) in [4.78, 5) is 16.5. The number of para-hydroxylation sites is 1. The Morgan fingerprint density at radius 2 is 1.88 bits per heavy atom.